The summed E-state index contributed by atoms with van der Waals surface area (Å²) < 4.78 is 5.72. The lowest BCUT2D eigenvalue weighted by atomic mass is 9.84. The Hall–Kier alpha value is -2.93. The molecule has 7 nitrogen and oxygen atoms in total. The Morgan fingerprint density at radius 3 is 2.54 bits per heavy atom. The van der Waals surface area contributed by atoms with E-state index in [2.05, 4.69) is 20.5 Å². The van der Waals surface area contributed by atoms with E-state index in [0.29, 0.717) is 28.8 Å². The molecule has 1 aromatic heterocycles. The normalized spacial score (nSPS) is 23.1. The first-order valence-electron chi connectivity index (χ1n) is 9.61. The number of nitrogens with one attached hydrogen (secondary N) is 2. The Balaban J connectivity index is 1.37. The molecular weight excluding hydrogens is 356 g/mol. The second-order valence-corrected chi connectivity index (χ2v) is 7.41. The molecule has 0 unspecified atom stereocenters. The van der Waals surface area contributed by atoms with Gasteiger partial charge in [-0.1, -0.05) is 0 Å². The number of hydrogen-bond donors (Lipinski definition) is 2. The molecule has 2 bridgehead atoms. The maximum absolute atomic E-state index is 12.6. The van der Waals surface area contributed by atoms with Crippen molar-refractivity contribution in [2.45, 2.75) is 25.8 Å². The van der Waals surface area contributed by atoms with Gasteiger partial charge in [0.05, 0.1) is 0 Å². The van der Waals surface area contributed by atoms with Gasteiger partial charge in [0.25, 0.3) is 5.91 Å². The number of nitrogens with zero attached hydrogens (tertiary/aromatic N) is 2. The molecule has 0 spiro atoms. The zero-order chi connectivity index (χ0) is 19.5. The smallest absolute Gasteiger partial charge is 0.251 e. The third-order valence-corrected chi connectivity index (χ3v) is 5.37. The summed E-state index contributed by atoms with van der Waals surface area (Å²) in [5.41, 5.74) is 1.23. The maximum atomic E-state index is 12.6. The monoisotopic (exact) mass is 380 g/mol. The largest absolute Gasteiger partial charge is 0.439 e. The molecule has 3 aliphatic heterocycles. The van der Waals surface area contributed by atoms with Crippen molar-refractivity contribution in [3.05, 3.63) is 48.2 Å². The highest BCUT2D eigenvalue weighted by Crippen LogP contribution is 2.28. The molecular formula is C21H24N4O3. The Morgan fingerprint density at radius 2 is 1.89 bits per heavy atom. The third kappa shape index (κ3) is 4.31. The van der Waals surface area contributed by atoms with Crippen molar-refractivity contribution < 1.29 is 14.3 Å². The van der Waals surface area contributed by atoms with E-state index in [-0.39, 0.29) is 17.9 Å². The number of piperidine rings is 3. The molecule has 3 saturated heterocycles. The molecule has 2 aromatic rings. The van der Waals surface area contributed by atoms with Crippen LogP contribution in [0.3, 0.4) is 0 Å². The molecule has 28 heavy (non-hydrogen) atoms. The summed E-state index contributed by atoms with van der Waals surface area (Å²) in [6.07, 6.45) is 3.90. The Kier molecular flexibility index (Phi) is 5.25. The van der Waals surface area contributed by atoms with Crippen LogP contribution in [0, 0.1) is 5.92 Å². The van der Waals surface area contributed by atoms with Crippen LogP contribution in [0.5, 0.6) is 11.6 Å². The fraction of sp³-hybridized carbons (Fsp3) is 0.381. The lowest BCUT2D eigenvalue weighted by molar-refractivity contribution is -0.114. The highest BCUT2D eigenvalue weighted by Gasteiger charge is 2.34. The topological polar surface area (TPSA) is 83.6 Å². The van der Waals surface area contributed by atoms with Gasteiger partial charge in [0, 0.05) is 43.0 Å². The van der Waals surface area contributed by atoms with Gasteiger partial charge in [-0.05, 0) is 62.2 Å². The summed E-state index contributed by atoms with van der Waals surface area (Å²) in [5.74, 6) is 1.34. The van der Waals surface area contributed by atoms with Gasteiger partial charge < -0.3 is 20.3 Å². The molecule has 0 saturated carbocycles. The van der Waals surface area contributed by atoms with Crippen molar-refractivity contribution in [2.75, 3.05) is 25.0 Å². The maximum Gasteiger partial charge on any atom is 0.251 e. The van der Waals surface area contributed by atoms with E-state index >= 15 is 0 Å². The molecule has 5 rings (SSSR count). The minimum Gasteiger partial charge on any atom is -0.439 e. The molecule has 3 aliphatic rings. The second kappa shape index (κ2) is 7.98. The average Bonchev–Trinajstić information content (AvgIpc) is 2.69. The van der Waals surface area contributed by atoms with Gasteiger partial charge >= 0.3 is 0 Å². The molecule has 1 atom stereocenters. The molecule has 7 heteroatoms. The van der Waals surface area contributed by atoms with Crippen LogP contribution in [0.2, 0.25) is 0 Å². The molecule has 0 aliphatic carbocycles. The number of rotatable bonds is 5. The molecule has 4 heterocycles. The highest BCUT2D eigenvalue weighted by molar-refractivity contribution is 5.94. The predicted octanol–water partition coefficient (Wildman–Crippen LogP) is 2.66. The first-order chi connectivity index (χ1) is 13.6. The van der Waals surface area contributed by atoms with E-state index in [1.807, 2.05) is 0 Å². The van der Waals surface area contributed by atoms with Crippen molar-refractivity contribution in [1.82, 2.24) is 15.2 Å². The Bertz CT molecular complexity index is 860. The minimum absolute atomic E-state index is 0.0453. The highest BCUT2D eigenvalue weighted by atomic mass is 16.5. The number of pyridine rings is 1. The molecule has 0 radical (unpaired) electrons. The van der Waals surface area contributed by atoms with Gasteiger partial charge in [-0.15, -0.1) is 0 Å². The number of carbonyl (C=O) groups excluding carboxylic acids is 2. The van der Waals surface area contributed by atoms with Crippen LogP contribution in [0.25, 0.3) is 0 Å². The van der Waals surface area contributed by atoms with Gasteiger partial charge in [-0.3, -0.25) is 9.59 Å². The fourth-order valence-corrected chi connectivity index (χ4v) is 3.92. The molecule has 2 N–H and O–H groups in total. The van der Waals surface area contributed by atoms with Gasteiger partial charge in [0.1, 0.15) is 5.75 Å². The Labute approximate surface area is 164 Å². The zero-order valence-electron chi connectivity index (χ0n) is 15.9. The van der Waals surface area contributed by atoms with E-state index in [4.69, 9.17) is 4.74 Å². The van der Waals surface area contributed by atoms with Crippen LogP contribution >= 0.6 is 0 Å². The number of carbonyl (C=O) groups is 2. The Morgan fingerprint density at radius 1 is 1.14 bits per heavy atom. The van der Waals surface area contributed by atoms with E-state index in [0.717, 1.165) is 19.6 Å². The number of aromatic nitrogens is 1. The van der Waals surface area contributed by atoms with Gasteiger partial charge in [-0.25, -0.2) is 4.98 Å². The van der Waals surface area contributed by atoms with Crippen LogP contribution in [0.15, 0.2) is 42.6 Å². The first-order valence-corrected chi connectivity index (χ1v) is 9.61. The number of hydrogen-bond acceptors (Lipinski definition) is 5. The number of anilines is 1. The number of benzene rings is 1. The van der Waals surface area contributed by atoms with Crippen LogP contribution in [-0.2, 0) is 4.79 Å². The first kappa shape index (κ1) is 18.4. The molecule has 1 aromatic carbocycles. The van der Waals surface area contributed by atoms with Gasteiger partial charge in [-0.2, -0.15) is 0 Å². The molecule has 146 valence electrons. The van der Waals surface area contributed by atoms with Gasteiger partial charge in [0.15, 0.2) is 0 Å². The van der Waals surface area contributed by atoms with Crippen LogP contribution < -0.4 is 15.4 Å². The van der Waals surface area contributed by atoms with Crippen molar-refractivity contribution >= 4 is 17.5 Å². The van der Waals surface area contributed by atoms with Crippen molar-refractivity contribution in [3.63, 3.8) is 0 Å². The van der Waals surface area contributed by atoms with E-state index in [9.17, 15) is 9.59 Å². The van der Waals surface area contributed by atoms with Crippen LogP contribution in [-0.4, -0.2) is 47.4 Å². The summed E-state index contributed by atoms with van der Waals surface area (Å²) in [6, 6.07) is 10.6. The summed E-state index contributed by atoms with van der Waals surface area (Å²) in [5, 5.41) is 5.88. The van der Waals surface area contributed by atoms with E-state index in [1.54, 1.807) is 42.6 Å². The average molecular weight is 380 g/mol. The van der Waals surface area contributed by atoms with Crippen molar-refractivity contribution in [1.29, 1.82) is 0 Å². The van der Waals surface area contributed by atoms with E-state index in [1.165, 1.54) is 19.8 Å². The second-order valence-electron chi connectivity index (χ2n) is 7.41. The SMILES string of the molecule is CC(=O)Nc1ccnc(Oc2ccc(C(=O)N[C@H]3CN4CCC3CC4)cc2)c1. The standard InChI is InChI=1S/C21H24N4O3/c1-14(26)23-17-6-9-22-20(12-17)28-18-4-2-16(3-5-18)21(27)24-19-13-25-10-7-15(19)8-11-25/h2-6,9,12,15,19H,7-8,10-11,13H2,1H3,(H,24,27)(H,22,23,26)/t19-/m0/s1. The summed E-state index contributed by atoms with van der Waals surface area (Å²) >= 11 is 0. The quantitative estimate of drug-likeness (QED) is 0.833. The number of ether oxygens (including phenoxy) is 1. The number of amides is 2. The van der Waals surface area contributed by atoms with Gasteiger partial charge in [0.2, 0.25) is 11.8 Å². The van der Waals surface area contributed by atoms with Crippen molar-refractivity contribution in [3.8, 4) is 11.6 Å². The predicted molar refractivity (Wildman–Crippen MR) is 105 cm³/mol. The third-order valence-electron chi connectivity index (χ3n) is 5.37. The minimum atomic E-state index is -0.157. The summed E-state index contributed by atoms with van der Waals surface area (Å²) in [6.45, 7) is 4.70. The molecule has 3 fully saturated rings. The zero-order valence-corrected chi connectivity index (χ0v) is 15.9. The molecule has 2 amide bonds. The fourth-order valence-electron chi connectivity index (χ4n) is 3.92. The lowest BCUT2D eigenvalue weighted by Gasteiger charge is -2.44. The summed E-state index contributed by atoms with van der Waals surface area (Å²) in [4.78, 5) is 30.3. The van der Waals surface area contributed by atoms with Crippen LogP contribution in [0.1, 0.15) is 30.1 Å². The number of fused-ring (bicyclic) bond motifs is 3. The van der Waals surface area contributed by atoms with E-state index < -0.39 is 0 Å². The van der Waals surface area contributed by atoms with Crippen LogP contribution in [0.4, 0.5) is 5.69 Å². The summed E-state index contributed by atoms with van der Waals surface area (Å²) in [7, 11) is 0. The lowest BCUT2D eigenvalue weighted by Crippen LogP contribution is -2.57. The van der Waals surface area contributed by atoms with Crippen molar-refractivity contribution in [2.24, 2.45) is 5.92 Å².